The van der Waals surface area contributed by atoms with Crippen molar-refractivity contribution in [2.24, 2.45) is 5.41 Å². The molecule has 0 saturated heterocycles. The molecule has 0 radical (unpaired) electrons. The number of ether oxygens (including phenoxy) is 1. The smallest absolute Gasteiger partial charge is 0.312 e. The van der Waals surface area contributed by atoms with Crippen molar-refractivity contribution < 1.29 is 14.3 Å². The normalized spacial score (nSPS) is 26.0. The van der Waals surface area contributed by atoms with Crippen LogP contribution in [-0.2, 0) is 9.53 Å². The number of carbonyl (C=O) groups is 2. The predicted molar refractivity (Wildman–Crippen MR) is 166 cm³/mol. The first kappa shape index (κ1) is 28.4. The second kappa shape index (κ2) is 10.5. The van der Waals surface area contributed by atoms with E-state index in [-0.39, 0.29) is 17.9 Å². The fourth-order valence-electron chi connectivity index (χ4n) is 7.07. The maximum Gasteiger partial charge on any atom is 0.312 e. The highest BCUT2D eigenvalue weighted by Crippen LogP contribution is 2.54. The van der Waals surface area contributed by atoms with Crippen molar-refractivity contribution in [3.63, 3.8) is 0 Å². The quantitative estimate of drug-likeness (QED) is 0.285. The number of halogens is 1. The molecule has 7 rings (SSSR count). The molecular weight excluding hydrogens is 578 g/mol. The lowest BCUT2D eigenvalue weighted by Gasteiger charge is -2.58. The molecule has 4 aliphatic rings. The number of aromatic nitrogens is 1. The Balaban J connectivity index is 1.37. The van der Waals surface area contributed by atoms with Crippen molar-refractivity contribution in [3.05, 3.63) is 64.1 Å². The summed E-state index contributed by atoms with van der Waals surface area (Å²) in [6.07, 6.45) is 7.14. The van der Waals surface area contributed by atoms with E-state index in [4.69, 9.17) is 9.72 Å². The van der Waals surface area contributed by atoms with E-state index < -0.39 is 16.6 Å². The lowest BCUT2D eigenvalue weighted by atomic mass is 9.54. The maximum atomic E-state index is 14.5. The van der Waals surface area contributed by atoms with Gasteiger partial charge < -0.3 is 15.4 Å². The van der Waals surface area contributed by atoms with Gasteiger partial charge in [-0.2, -0.15) is 0 Å². The topological polar surface area (TPSA) is 80.3 Å². The number of nitrogens with one attached hydrogen (secondary N) is 2. The van der Waals surface area contributed by atoms with E-state index in [0.717, 1.165) is 70.7 Å². The molecule has 0 aliphatic heterocycles. The molecule has 41 heavy (non-hydrogen) atoms. The number of hydrogen-bond donors (Lipinski definition) is 2. The van der Waals surface area contributed by atoms with Crippen LogP contribution >= 0.6 is 15.9 Å². The molecule has 2 bridgehead atoms. The molecule has 1 unspecified atom stereocenters. The average molecular weight is 619 g/mol. The molecule has 0 spiro atoms. The van der Waals surface area contributed by atoms with Crippen LogP contribution in [0.1, 0.15) is 88.1 Å². The predicted octanol–water partition coefficient (Wildman–Crippen LogP) is 7.26. The van der Waals surface area contributed by atoms with Gasteiger partial charge in [0.15, 0.2) is 0 Å². The van der Waals surface area contributed by atoms with E-state index in [9.17, 15) is 9.59 Å². The molecule has 1 heterocycles. The van der Waals surface area contributed by atoms with Crippen LogP contribution in [0.2, 0.25) is 0 Å². The number of rotatable bonds is 6. The Morgan fingerprint density at radius 2 is 1.73 bits per heavy atom. The zero-order valence-electron chi connectivity index (χ0n) is 24.5. The summed E-state index contributed by atoms with van der Waals surface area (Å²) in [5.74, 6) is -0.157. The molecule has 3 aromatic rings. The molecule has 1 amide bonds. The zero-order chi connectivity index (χ0) is 29.0. The first-order valence-electron chi connectivity index (χ1n) is 15.0. The largest absolute Gasteiger partial charge is 0.460 e. The van der Waals surface area contributed by atoms with E-state index in [2.05, 4.69) is 26.6 Å². The zero-order valence-corrected chi connectivity index (χ0v) is 26.1. The summed E-state index contributed by atoms with van der Waals surface area (Å²) >= 11 is 3.61. The Morgan fingerprint density at radius 1 is 1.02 bits per heavy atom. The van der Waals surface area contributed by atoms with Gasteiger partial charge in [-0.3, -0.25) is 9.59 Å². The van der Waals surface area contributed by atoms with Gasteiger partial charge in [0.2, 0.25) is 0 Å². The van der Waals surface area contributed by atoms with Gasteiger partial charge >= 0.3 is 5.97 Å². The van der Waals surface area contributed by atoms with Crippen LogP contribution in [-0.4, -0.2) is 40.1 Å². The first-order chi connectivity index (χ1) is 19.5. The van der Waals surface area contributed by atoms with Crippen molar-refractivity contribution in [2.45, 2.75) is 102 Å². The number of fused-ring (bicyclic) bond motifs is 4. The minimum absolute atomic E-state index is 0.0144. The lowest BCUT2D eigenvalue weighted by molar-refractivity contribution is -0.177. The van der Waals surface area contributed by atoms with E-state index in [0.29, 0.717) is 18.0 Å². The number of esters is 1. The summed E-state index contributed by atoms with van der Waals surface area (Å²) < 4.78 is 6.85. The Labute approximate surface area is 251 Å². The summed E-state index contributed by atoms with van der Waals surface area (Å²) in [6, 6.07) is 16.5. The van der Waals surface area contributed by atoms with E-state index in [1.54, 1.807) is 0 Å². The molecular formula is C34H40BrN3O3. The number of amides is 1. The fourth-order valence-corrected chi connectivity index (χ4v) is 7.43. The monoisotopic (exact) mass is 617 g/mol. The molecule has 4 aliphatic carbocycles. The van der Waals surface area contributed by atoms with Crippen molar-refractivity contribution in [3.8, 4) is 11.3 Å². The lowest BCUT2D eigenvalue weighted by Crippen LogP contribution is -2.71. The minimum Gasteiger partial charge on any atom is -0.460 e. The van der Waals surface area contributed by atoms with Gasteiger partial charge in [-0.15, -0.1) is 0 Å². The molecule has 216 valence electrons. The third-order valence-electron chi connectivity index (χ3n) is 9.56. The Bertz CT molecular complexity index is 1480. The molecule has 4 fully saturated rings. The number of hydrogen-bond acceptors (Lipinski definition) is 5. The first-order valence-corrected chi connectivity index (χ1v) is 15.8. The standard InChI is InChI=1S/C34H40BrN3O3/c1-21-28(25-19-23(35)13-14-26(25)37-29(21)22-9-6-5-7-10-22)30(39)38-34-17-15-33(16-18-34,31(40)41-32(2,3)4)20-27(34)36-24-11-8-12-24/h5-7,9-10,13-14,19,24,27,36H,8,11-12,15-18,20H2,1-4H3,(H,38,39). The second-order valence-electron chi connectivity index (χ2n) is 13.4. The van der Waals surface area contributed by atoms with Crippen LogP contribution in [0.5, 0.6) is 0 Å². The van der Waals surface area contributed by atoms with Gasteiger partial charge in [-0.1, -0.05) is 52.7 Å². The third-order valence-corrected chi connectivity index (χ3v) is 10.1. The number of carbonyl (C=O) groups excluding carboxylic acids is 2. The molecule has 6 nitrogen and oxygen atoms in total. The van der Waals surface area contributed by atoms with Crippen molar-refractivity contribution in [1.82, 2.24) is 15.6 Å². The summed E-state index contributed by atoms with van der Waals surface area (Å²) in [4.78, 5) is 33.0. The van der Waals surface area contributed by atoms with Crippen LogP contribution in [0.15, 0.2) is 53.0 Å². The molecule has 2 aromatic carbocycles. The van der Waals surface area contributed by atoms with Crippen LogP contribution in [0.4, 0.5) is 0 Å². The summed E-state index contributed by atoms with van der Waals surface area (Å²) in [6.45, 7) is 7.81. The average Bonchev–Trinajstić information content (AvgIpc) is 2.90. The van der Waals surface area contributed by atoms with Gasteiger partial charge in [0.05, 0.1) is 27.7 Å². The third kappa shape index (κ3) is 5.32. The van der Waals surface area contributed by atoms with Crippen LogP contribution in [0.3, 0.4) is 0 Å². The van der Waals surface area contributed by atoms with E-state index in [1.165, 1.54) is 6.42 Å². The Kier molecular flexibility index (Phi) is 7.26. The summed E-state index contributed by atoms with van der Waals surface area (Å²) in [5, 5.41) is 8.30. The van der Waals surface area contributed by atoms with Gasteiger partial charge in [0.25, 0.3) is 5.91 Å². The van der Waals surface area contributed by atoms with Crippen LogP contribution < -0.4 is 10.6 Å². The highest BCUT2D eigenvalue weighted by atomic mass is 79.9. The SMILES string of the molecule is Cc1c(-c2ccccc2)nc2ccc(Br)cc2c1C(=O)NC12CCC(C(=O)OC(C)(C)C)(CC1)CC2NC1CCC1. The molecule has 4 saturated carbocycles. The molecule has 2 N–H and O–H groups in total. The molecule has 7 heteroatoms. The summed E-state index contributed by atoms with van der Waals surface area (Å²) in [5.41, 5.74) is 2.71. The van der Waals surface area contributed by atoms with Gasteiger partial charge in [0.1, 0.15) is 5.60 Å². The fraction of sp³-hybridized carbons (Fsp3) is 0.500. The maximum absolute atomic E-state index is 14.5. The molecule has 1 atom stereocenters. The molecule has 1 aromatic heterocycles. The van der Waals surface area contributed by atoms with Crippen molar-refractivity contribution in [2.75, 3.05) is 0 Å². The Morgan fingerprint density at radius 3 is 2.37 bits per heavy atom. The van der Waals surface area contributed by atoms with Gasteiger partial charge in [0, 0.05) is 27.5 Å². The Hall–Kier alpha value is -2.77. The van der Waals surface area contributed by atoms with Gasteiger partial charge in [-0.05, 0) is 96.4 Å². The van der Waals surface area contributed by atoms with Crippen molar-refractivity contribution in [1.29, 1.82) is 0 Å². The minimum atomic E-state index is -0.520. The number of benzene rings is 2. The van der Waals surface area contributed by atoms with Crippen LogP contribution in [0.25, 0.3) is 22.2 Å². The highest BCUT2D eigenvalue weighted by Gasteiger charge is 2.59. The number of pyridine rings is 1. The highest BCUT2D eigenvalue weighted by molar-refractivity contribution is 9.10. The summed E-state index contributed by atoms with van der Waals surface area (Å²) in [7, 11) is 0. The van der Waals surface area contributed by atoms with Crippen LogP contribution in [0, 0.1) is 12.3 Å². The van der Waals surface area contributed by atoms with E-state index in [1.807, 2.05) is 76.2 Å². The second-order valence-corrected chi connectivity index (χ2v) is 14.3. The van der Waals surface area contributed by atoms with Crippen molar-refractivity contribution >= 4 is 38.7 Å². The van der Waals surface area contributed by atoms with E-state index >= 15 is 0 Å². The number of nitrogens with zero attached hydrogens (tertiary/aromatic N) is 1. The van der Waals surface area contributed by atoms with Gasteiger partial charge in [-0.25, -0.2) is 4.98 Å².